The van der Waals surface area contributed by atoms with E-state index in [1.165, 1.54) is 14.2 Å². The third-order valence-corrected chi connectivity index (χ3v) is 2.65. The van der Waals surface area contributed by atoms with E-state index in [1.807, 2.05) is 13.8 Å². The lowest BCUT2D eigenvalue weighted by Crippen LogP contribution is -2.64. The Morgan fingerprint density at radius 2 is 2.06 bits per heavy atom. The normalized spacial score (nSPS) is 30.4. The van der Waals surface area contributed by atoms with E-state index in [9.17, 15) is 9.90 Å². The van der Waals surface area contributed by atoms with Gasteiger partial charge in [0.1, 0.15) is 6.10 Å². The molecular formula is C10H19NO5. The number of methoxy groups -OCH3 is 2. The Kier molecular flexibility index (Phi) is 4.12. The van der Waals surface area contributed by atoms with Gasteiger partial charge >= 0.3 is 6.09 Å². The van der Waals surface area contributed by atoms with Gasteiger partial charge in [0.2, 0.25) is 6.29 Å². The van der Waals surface area contributed by atoms with Gasteiger partial charge in [-0.15, -0.1) is 0 Å². The van der Waals surface area contributed by atoms with Crippen molar-refractivity contribution in [3.05, 3.63) is 0 Å². The minimum atomic E-state index is -1.55. The van der Waals surface area contributed by atoms with Crippen LogP contribution in [0.15, 0.2) is 0 Å². The molecule has 1 rings (SSSR count). The molecule has 0 radical (unpaired) electrons. The Hall–Kier alpha value is -0.850. The van der Waals surface area contributed by atoms with Crippen LogP contribution in [-0.2, 0) is 14.2 Å². The maximum Gasteiger partial charge on any atom is 0.409 e. The Bertz CT molecular complexity index is 254. The van der Waals surface area contributed by atoms with Crippen LogP contribution in [0.1, 0.15) is 20.3 Å². The molecule has 2 N–H and O–H groups in total. The predicted octanol–water partition coefficient (Wildman–Crippen LogP) is 0.448. The Morgan fingerprint density at radius 3 is 2.50 bits per heavy atom. The first-order valence-electron chi connectivity index (χ1n) is 5.19. The van der Waals surface area contributed by atoms with Gasteiger partial charge in [0, 0.05) is 20.6 Å². The fraction of sp³-hybridized carbons (Fsp3) is 0.900. The molecule has 6 nitrogen and oxygen atoms in total. The van der Waals surface area contributed by atoms with Crippen LogP contribution in [-0.4, -0.2) is 43.5 Å². The van der Waals surface area contributed by atoms with E-state index in [1.54, 1.807) is 0 Å². The number of hydrogen-bond acceptors (Lipinski definition) is 5. The van der Waals surface area contributed by atoms with Crippen LogP contribution in [0.5, 0.6) is 0 Å². The summed E-state index contributed by atoms with van der Waals surface area (Å²) in [6.07, 6.45) is -1.71. The van der Waals surface area contributed by atoms with Crippen molar-refractivity contribution in [1.29, 1.82) is 0 Å². The van der Waals surface area contributed by atoms with Gasteiger partial charge in [-0.2, -0.15) is 0 Å². The standard InChI is InChI=1S/C10H19NO5/c1-6(2)7-5-10(13,8(14-3)15-4)11-9(12)16-7/h6-8,13H,5H2,1-4H3,(H,11,12). The zero-order valence-corrected chi connectivity index (χ0v) is 10.0. The van der Waals surface area contributed by atoms with E-state index in [4.69, 9.17) is 14.2 Å². The molecule has 6 heteroatoms. The van der Waals surface area contributed by atoms with Gasteiger partial charge in [0.25, 0.3) is 0 Å². The summed E-state index contributed by atoms with van der Waals surface area (Å²) in [5, 5.41) is 12.6. The number of cyclic esters (lactones) is 1. The van der Waals surface area contributed by atoms with Crippen LogP contribution >= 0.6 is 0 Å². The Morgan fingerprint density at radius 1 is 1.50 bits per heavy atom. The molecule has 1 aliphatic rings. The second kappa shape index (κ2) is 4.99. The van der Waals surface area contributed by atoms with E-state index >= 15 is 0 Å². The zero-order valence-electron chi connectivity index (χ0n) is 10.0. The summed E-state index contributed by atoms with van der Waals surface area (Å²) >= 11 is 0. The monoisotopic (exact) mass is 233 g/mol. The summed E-state index contributed by atoms with van der Waals surface area (Å²) in [6, 6.07) is 0. The van der Waals surface area contributed by atoms with Crippen molar-refractivity contribution >= 4 is 6.09 Å². The minimum absolute atomic E-state index is 0.118. The smallest absolute Gasteiger partial charge is 0.409 e. The highest BCUT2D eigenvalue weighted by atomic mass is 16.7. The van der Waals surface area contributed by atoms with Crippen LogP contribution in [0.2, 0.25) is 0 Å². The molecule has 0 aromatic carbocycles. The summed E-state index contributed by atoms with van der Waals surface area (Å²) in [4.78, 5) is 11.3. The van der Waals surface area contributed by atoms with Crippen LogP contribution in [0, 0.1) is 5.92 Å². The minimum Gasteiger partial charge on any atom is -0.446 e. The number of hydrogen-bond donors (Lipinski definition) is 2. The van der Waals surface area contributed by atoms with E-state index in [0.717, 1.165) is 0 Å². The lowest BCUT2D eigenvalue weighted by molar-refractivity contribution is -0.244. The first-order chi connectivity index (χ1) is 7.42. The van der Waals surface area contributed by atoms with Crippen LogP contribution < -0.4 is 5.32 Å². The molecule has 2 atom stereocenters. The second-order valence-corrected chi connectivity index (χ2v) is 4.24. The third kappa shape index (κ3) is 2.63. The molecule has 1 aliphatic heterocycles. The molecule has 2 unspecified atom stereocenters. The summed E-state index contributed by atoms with van der Waals surface area (Å²) in [6.45, 7) is 3.83. The number of nitrogens with one attached hydrogen (secondary N) is 1. The largest absolute Gasteiger partial charge is 0.446 e. The van der Waals surface area contributed by atoms with Gasteiger partial charge in [-0.25, -0.2) is 4.79 Å². The van der Waals surface area contributed by atoms with Crippen molar-refractivity contribution in [3.8, 4) is 0 Å². The van der Waals surface area contributed by atoms with Gasteiger partial charge in [-0.1, -0.05) is 13.8 Å². The average Bonchev–Trinajstić information content (AvgIpc) is 2.17. The molecule has 0 saturated carbocycles. The first-order valence-corrected chi connectivity index (χ1v) is 5.19. The highest BCUT2D eigenvalue weighted by Gasteiger charge is 2.46. The molecule has 0 bridgehead atoms. The van der Waals surface area contributed by atoms with Crippen molar-refractivity contribution in [2.24, 2.45) is 5.92 Å². The van der Waals surface area contributed by atoms with Crippen molar-refractivity contribution < 1.29 is 24.1 Å². The van der Waals surface area contributed by atoms with Gasteiger partial charge < -0.3 is 19.3 Å². The average molecular weight is 233 g/mol. The molecule has 94 valence electrons. The van der Waals surface area contributed by atoms with Gasteiger partial charge in [-0.05, 0) is 5.92 Å². The van der Waals surface area contributed by atoms with Gasteiger partial charge in [0.15, 0.2) is 5.72 Å². The molecule has 0 aromatic rings. The molecule has 0 spiro atoms. The van der Waals surface area contributed by atoms with E-state index in [2.05, 4.69) is 5.32 Å². The number of aliphatic hydroxyl groups is 1. The van der Waals surface area contributed by atoms with Crippen molar-refractivity contribution in [2.45, 2.75) is 38.4 Å². The highest BCUT2D eigenvalue weighted by molar-refractivity contribution is 5.69. The number of carbonyl (C=O) groups excluding carboxylic acids is 1. The van der Waals surface area contributed by atoms with Crippen LogP contribution in [0.3, 0.4) is 0 Å². The molecule has 0 aromatic heterocycles. The number of amides is 1. The summed E-state index contributed by atoms with van der Waals surface area (Å²) in [5.74, 6) is 0.118. The highest BCUT2D eigenvalue weighted by Crippen LogP contribution is 2.27. The van der Waals surface area contributed by atoms with Crippen molar-refractivity contribution in [3.63, 3.8) is 0 Å². The SMILES string of the molecule is COC(OC)C1(O)CC(C(C)C)OC(=O)N1. The van der Waals surface area contributed by atoms with Crippen LogP contribution in [0.4, 0.5) is 4.79 Å². The third-order valence-electron chi connectivity index (χ3n) is 2.65. The quantitative estimate of drug-likeness (QED) is 0.689. The molecule has 16 heavy (non-hydrogen) atoms. The lowest BCUT2D eigenvalue weighted by Gasteiger charge is -2.41. The summed E-state index contributed by atoms with van der Waals surface area (Å²) in [5.41, 5.74) is -1.55. The lowest BCUT2D eigenvalue weighted by atomic mass is 9.95. The van der Waals surface area contributed by atoms with E-state index < -0.39 is 18.1 Å². The zero-order chi connectivity index (χ0) is 12.3. The van der Waals surface area contributed by atoms with Crippen LogP contribution in [0.25, 0.3) is 0 Å². The first kappa shape index (κ1) is 13.2. The number of rotatable bonds is 4. The van der Waals surface area contributed by atoms with Gasteiger partial charge in [-0.3, -0.25) is 5.32 Å². The number of carbonyl (C=O) groups is 1. The number of ether oxygens (including phenoxy) is 3. The molecule has 0 aliphatic carbocycles. The molecule has 1 amide bonds. The summed E-state index contributed by atoms with van der Waals surface area (Å²) < 4.78 is 15.0. The predicted molar refractivity (Wildman–Crippen MR) is 55.6 cm³/mol. The maximum atomic E-state index is 11.3. The fourth-order valence-electron chi connectivity index (χ4n) is 1.76. The second-order valence-electron chi connectivity index (χ2n) is 4.24. The number of alkyl carbamates (subject to hydrolysis) is 1. The topological polar surface area (TPSA) is 77.0 Å². The van der Waals surface area contributed by atoms with Crippen molar-refractivity contribution in [2.75, 3.05) is 14.2 Å². The fourth-order valence-corrected chi connectivity index (χ4v) is 1.76. The molecule has 1 saturated heterocycles. The molecular weight excluding hydrogens is 214 g/mol. The molecule has 1 heterocycles. The van der Waals surface area contributed by atoms with E-state index in [-0.39, 0.29) is 18.4 Å². The Labute approximate surface area is 94.9 Å². The van der Waals surface area contributed by atoms with Gasteiger partial charge in [0.05, 0.1) is 0 Å². The molecule has 1 fully saturated rings. The Balaban J connectivity index is 2.82. The maximum absolute atomic E-state index is 11.3. The van der Waals surface area contributed by atoms with Crippen molar-refractivity contribution in [1.82, 2.24) is 5.32 Å². The summed E-state index contributed by atoms with van der Waals surface area (Å²) in [7, 11) is 2.80. The van der Waals surface area contributed by atoms with E-state index in [0.29, 0.717) is 0 Å².